The summed E-state index contributed by atoms with van der Waals surface area (Å²) < 4.78 is 1.78. The van der Waals surface area contributed by atoms with E-state index in [4.69, 9.17) is 0 Å². The summed E-state index contributed by atoms with van der Waals surface area (Å²) in [5.74, 6) is 0.968. The summed E-state index contributed by atoms with van der Waals surface area (Å²) in [5.41, 5.74) is 0.968. The minimum Gasteiger partial charge on any atom is -0.343 e. The molecule has 20 heavy (non-hydrogen) atoms. The van der Waals surface area contributed by atoms with Gasteiger partial charge in [-0.1, -0.05) is 0 Å². The zero-order valence-corrected chi connectivity index (χ0v) is 12.2. The Morgan fingerprint density at radius 3 is 2.95 bits per heavy atom. The number of hydrogen-bond donors (Lipinski definition) is 1. The van der Waals surface area contributed by atoms with E-state index in [-0.39, 0.29) is 11.8 Å². The zero-order chi connectivity index (χ0) is 14.5. The Hall–Kier alpha value is -1.85. The molecule has 0 aromatic carbocycles. The second-order valence-electron chi connectivity index (χ2n) is 5.13. The van der Waals surface area contributed by atoms with Crippen LogP contribution in [0.25, 0.3) is 0 Å². The fourth-order valence-electron chi connectivity index (χ4n) is 2.45. The van der Waals surface area contributed by atoms with E-state index < -0.39 is 0 Å². The number of carbonyl (C=O) groups excluding carboxylic acids is 2. The molecule has 6 heteroatoms. The Kier molecular flexibility index (Phi) is 4.76. The summed E-state index contributed by atoms with van der Waals surface area (Å²) >= 11 is 0. The molecule has 1 aliphatic rings. The van der Waals surface area contributed by atoms with E-state index in [0.29, 0.717) is 25.8 Å². The summed E-state index contributed by atoms with van der Waals surface area (Å²) in [4.78, 5) is 25.2. The maximum Gasteiger partial charge on any atom is 0.225 e. The van der Waals surface area contributed by atoms with Gasteiger partial charge in [0.15, 0.2) is 0 Å². The molecule has 1 N–H and O–H groups in total. The monoisotopic (exact) mass is 278 g/mol. The third kappa shape index (κ3) is 3.37. The number of nitrogens with one attached hydrogen (secondary N) is 1. The molecule has 2 amide bonds. The van der Waals surface area contributed by atoms with Gasteiger partial charge in [-0.2, -0.15) is 5.10 Å². The average Bonchev–Trinajstić information content (AvgIpc) is 2.98. The van der Waals surface area contributed by atoms with Gasteiger partial charge in [0, 0.05) is 38.0 Å². The first-order valence-corrected chi connectivity index (χ1v) is 7.22. The van der Waals surface area contributed by atoms with Gasteiger partial charge in [-0.25, -0.2) is 4.68 Å². The van der Waals surface area contributed by atoms with Crippen molar-refractivity contribution in [2.45, 2.75) is 46.1 Å². The molecular formula is C14H22N4O2. The van der Waals surface area contributed by atoms with Crippen molar-refractivity contribution in [3.63, 3.8) is 0 Å². The van der Waals surface area contributed by atoms with E-state index in [1.54, 1.807) is 10.9 Å². The molecule has 1 fully saturated rings. The van der Waals surface area contributed by atoms with Crippen molar-refractivity contribution in [3.8, 4) is 0 Å². The third-order valence-corrected chi connectivity index (χ3v) is 3.58. The largest absolute Gasteiger partial charge is 0.343 e. The highest BCUT2D eigenvalue weighted by Gasteiger charge is 2.19. The number of likely N-dealkylation sites (tertiary alicyclic amines) is 1. The van der Waals surface area contributed by atoms with Crippen LogP contribution >= 0.6 is 0 Å². The predicted molar refractivity (Wildman–Crippen MR) is 76.3 cm³/mol. The van der Waals surface area contributed by atoms with Crippen LogP contribution in [0, 0.1) is 6.92 Å². The van der Waals surface area contributed by atoms with Gasteiger partial charge in [-0.3, -0.25) is 9.59 Å². The highest BCUT2D eigenvalue weighted by atomic mass is 16.2. The van der Waals surface area contributed by atoms with Crippen molar-refractivity contribution < 1.29 is 9.59 Å². The highest BCUT2D eigenvalue weighted by Crippen LogP contribution is 2.15. The number of aryl methyl sites for hydroxylation is 2. The molecule has 1 aromatic rings. The first-order chi connectivity index (χ1) is 9.61. The van der Waals surface area contributed by atoms with Crippen LogP contribution in [0.1, 0.15) is 38.2 Å². The average molecular weight is 278 g/mol. The topological polar surface area (TPSA) is 67.2 Å². The predicted octanol–water partition coefficient (Wildman–Crippen LogP) is 1.55. The van der Waals surface area contributed by atoms with E-state index in [2.05, 4.69) is 10.4 Å². The van der Waals surface area contributed by atoms with Crippen molar-refractivity contribution in [3.05, 3.63) is 11.8 Å². The molecule has 1 aromatic heterocycles. The van der Waals surface area contributed by atoms with Gasteiger partial charge in [0.25, 0.3) is 0 Å². The second-order valence-corrected chi connectivity index (χ2v) is 5.13. The fraction of sp³-hybridized carbons (Fsp3) is 0.643. The SMILES string of the molecule is CCn1ncc(C)c1NC(=O)CCCN1CCCC1=O. The first-order valence-electron chi connectivity index (χ1n) is 7.22. The van der Waals surface area contributed by atoms with Crippen LogP contribution in [0.2, 0.25) is 0 Å². The Morgan fingerprint density at radius 2 is 2.30 bits per heavy atom. The number of hydrogen-bond acceptors (Lipinski definition) is 3. The van der Waals surface area contributed by atoms with Gasteiger partial charge in [0.2, 0.25) is 11.8 Å². The molecule has 0 atom stereocenters. The van der Waals surface area contributed by atoms with Gasteiger partial charge >= 0.3 is 0 Å². The molecule has 0 aliphatic carbocycles. The number of amides is 2. The van der Waals surface area contributed by atoms with Gasteiger partial charge < -0.3 is 10.2 Å². The fourth-order valence-corrected chi connectivity index (χ4v) is 2.45. The molecule has 0 bridgehead atoms. The van der Waals surface area contributed by atoms with E-state index in [1.165, 1.54) is 0 Å². The Labute approximate surface area is 119 Å². The van der Waals surface area contributed by atoms with E-state index in [1.807, 2.05) is 18.7 Å². The lowest BCUT2D eigenvalue weighted by Crippen LogP contribution is -2.26. The van der Waals surface area contributed by atoms with Gasteiger partial charge in [-0.05, 0) is 26.7 Å². The van der Waals surface area contributed by atoms with Crippen LogP contribution in [0.5, 0.6) is 0 Å². The number of rotatable bonds is 6. The molecule has 2 rings (SSSR count). The molecule has 110 valence electrons. The number of aromatic nitrogens is 2. The molecule has 1 aliphatic heterocycles. The minimum absolute atomic E-state index is 0.0186. The van der Waals surface area contributed by atoms with Crippen LogP contribution in [-0.2, 0) is 16.1 Å². The van der Waals surface area contributed by atoms with E-state index in [0.717, 1.165) is 30.9 Å². The van der Waals surface area contributed by atoms with Gasteiger partial charge in [-0.15, -0.1) is 0 Å². The molecular weight excluding hydrogens is 256 g/mol. The zero-order valence-electron chi connectivity index (χ0n) is 12.2. The van der Waals surface area contributed by atoms with Crippen molar-refractivity contribution >= 4 is 17.6 Å². The Morgan fingerprint density at radius 1 is 1.50 bits per heavy atom. The smallest absolute Gasteiger partial charge is 0.225 e. The van der Waals surface area contributed by atoms with Gasteiger partial charge in [0.1, 0.15) is 5.82 Å². The molecule has 0 spiro atoms. The summed E-state index contributed by atoms with van der Waals surface area (Å²) in [6.07, 6.45) is 4.48. The second kappa shape index (κ2) is 6.54. The standard InChI is InChI=1S/C14H22N4O2/c1-3-18-14(11(2)10-15-18)16-12(19)6-4-8-17-9-5-7-13(17)20/h10H,3-9H2,1-2H3,(H,16,19). The molecule has 0 unspecified atom stereocenters. The Bertz CT molecular complexity index is 495. The van der Waals surface area contributed by atoms with E-state index >= 15 is 0 Å². The minimum atomic E-state index is -0.0186. The molecule has 2 heterocycles. The quantitative estimate of drug-likeness (QED) is 0.858. The van der Waals surface area contributed by atoms with Crippen LogP contribution in [0.3, 0.4) is 0 Å². The Balaban J connectivity index is 1.78. The van der Waals surface area contributed by atoms with Crippen LogP contribution in [0.4, 0.5) is 5.82 Å². The first kappa shape index (κ1) is 14.6. The van der Waals surface area contributed by atoms with Crippen LogP contribution in [-0.4, -0.2) is 39.6 Å². The third-order valence-electron chi connectivity index (χ3n) is 3.58. The van der Waals surface area contributed by atoms with Crippen LogP contribution in [0.15, 0.2) is 6.20 Å². The van der Waals surface area contributed by atoms with Crippen LogP contribution < -0.4 is 5.32 Å². The summed E-state index contributed by atoms with van der Waals surface area (Å²) in [7, 11) is 0. The lowest BCUT2D eigenvalue weighted by Gasteiger charge is -2.15. The van der Waals surface area contributed by atoms with Crippen molar-refractivity contribution in [1.29, 1.82) is 0 Å². The lowest BCUT2D eigenvalue weighted by molar-refractivity contribution is -0.128. The van der Waals surface area contributed by atoms with Crippen molar-refractivity contribution in [2.75, 3.05) is 18.4 Å². The summed E-state index contributed by atoms with van der Waals surface area (Å²) in [6, 6.07) is 0. The maximum atomic E-state index is 11.9. The number of nitrogens with zero attached hydrogens (tertiary/aromatic N) is 3. The lowest BCUT2D eigenvalue weighted by atomic mass is 10.2. The van der Waals surface area contributed by atoms with Crippen molar-refractivity contribution in [1.82, 2.24) is 14.7 Å². The molecule has 0 radical (unpaired) electrons. The molecule has 0 saturated carbocycles. The number of carbonyl (C=O) groups is 2. The van der Waals surface area contributed by atoms with Crippen molar-refractivity contribution in [2.24, 2.45) is 0 Å². The summed E-state index contributed by atoms with van der Waals surface area (Å²) in [6.45, 7) is 6.16. The maximum absolute atomic E-state index is 11.9. The highest BCUT2D eigenvalue weighted by molar-refractivity contribution is 5.90. The number of anilines is 1. The summed E-state index contributed by atoms with van der Waals surface area (Å²) in [5, 5.41) is 7.09. The van der Waals surface area contributed by atoms with Gasteiger partial charge in [0.05, 0.1) is 6.20 Å². The normalized spacial score (nSPS) is 14.9. The van der Waals surface area contributed by atoms with E-state index in [9.17, 15) is 9.59 Å². The molecule has 6 nitrogen and oxygen atoms in total. The molecule has 1 saturated heterocycles.